The number of carbonyl (C=O) groups excluding carboxylic acids is 1. The number of carbonyl (C=O) groups is 1. The highest BCUT2D eigenvalue weighted by molar-refractivity contribution is 6.50. The Labute approximate surface area is 208 Å². The minimum atomic E-state index is -0.411. The van der Waals surface area contributed by atoms with Gasteiger partial charge in [0.05, 0.1) is 29.7 Å². The third kappa shape index (κ3) is 4.17. The second-order valence-corrected chi connectivity index (χ2v) is 9.44. The van der Waals surface area contributed by atoms with Crippen molar-refractivity contribution in [2.45, 2.75) is 31.7 Å². The number of fused-ring (bicyclic) bond motifs is 1. The number of halogens is 1. The molecule has 10 heteroatoms. The monoisotopic (exact) mass is 487 g/mol. The van der Waals surface area contributed by atoms with E-state index in [-0.39, 0.29) is 5.71 Å². The van der Waals surface area contributed by atoms with Gasteiger partial charge in [-0.1, -0.05) is 4.68 Å². The van der Waals surface area contributed by atoms with Gasteiger partial charge in [-0.2, -0.15) is 5.10 Å². The molecule has 0 aliphatic carbocycles. The molecule has 6 rings (SSSR count). The van der Waals surface area contributed by atoms with Crippen molar-refractivity contribution in [3.05, 3.63) is 54.2 Å². The molecule has 36 heavy (non-hydrogen) atoms. The largest absolute Gasteiger partial charge is 0.357 e. The molecule has 2 N–H and O–H groups in total. The quantitative estimate of drug-likeness (QED) is 0.539. The van der Waals surface area contributed by atoms with E-state index >= 15 is 4.39 Å². The molecule has 184 valence electrons. The fourth-order valence-electron chi connectivity index (χ4n) is 5.11. The van der Waals surface area contributed by atoms with Crippen LogP contribution in [0, 0.1) is 5.82 Å². The number of nitrogens with one attached hydrogen (secondary N) is 2. The zero-order valence-corrected chi connectivity index (χ0v) is 20.0. The lowest BCUT2D eigenvalue weighted by atomic mass is 10.0. The van der Waals surface area contributed by atoms with Crippen LogP contribution < -0.4 is 15.5 Å². The summed E-state index contributed by atoms with van der Waals surface area (Å²) >= 11 is 0. The Hall–Kier alpha value is -3.92. The van der Waals surface area contributed by atoms with Gasteiger partial charge in [-0.3, -0.25) is 9.48 Å². The summed E-state index contributed by atoms with van der Waals surface area (Å²) in [5.74, 6) is 0.0926. The van der Waals surface area contributed by atoms with Crippen LogP contribution in [0.5, 0.6) is 0 Å². The summed E-state index contributed by atoms with van der Waals surface area (Å²) in [4.78, 5) is 19.9. The van der Waals surface area contributed by atoms with Crippen LogP contribution in [0.2, 0.25) is 0 Å². The highest BCUT2D eigenvalue weighted by atomic mass is 19.1. The van der Waals surface area contributed by atoms with Crippen molar-refractivity contribution in [3.63, 3.8) is 0 Å². The van der Waals surface area contributed by atoms with E-state index in [0.29, 0.717) is 34.1 Å². The summed E-state index contributed by atoms with van der Waals surface area (Å²) < 4.78 is 18.3. The van der Waals surface area contributed by atoms with Crippen LogP contribution in [0.3, 0.4) is 0 Å². The van der Waals surface area contributed by atoms with Crippen molar-refractivity contribution in [2.75, 3.05) is 36.4 Å². The van der Waals surface area contributed by atoms with Gasteiger partial charge < -0.3 is 15.5 Å². The van der Waals surface area contributed by atoms with E-state index in [2.05, 4.69) is 37.4 Å². The van der Waals surface area contributed by atoms with E-state index < -0.39 is 11.7 Å². The number of amides is 1. The predicted octanol–water partition coefficient (Wildman–Crippen LogP) is 3.31. The molecule has 0 spiro atoms. The SMILES string of the molecule is C=[N+]1N=C(C(=O)Nc2ccc(N3CCCC3)nc2)c2cc(-c3cnn(C4CCNCC4)c3)c(F)cc21. The summed E-state index contributed by atoms with van der Waals surface area (Å²) in [6.45, 7) is 7.73. The number of piperidine rings is 1. The summed E-state index contributed by atoms with van der Waals surface area (Å²) in [5.41, 5.74) is 2.75. The first-order chi connectivity index (χ1) is 17.6. The molecule has 0 bridgehead atoms. The van der Waals surface area contributed by atoms with E-state index in [1.165, 1.54) is 23.6 Å². The maximum absolute atomic E-state index is 15.1. The molecular weight excluding hydrogens is 459 g/mol. The molecule has 0 radical (unpaired) electrons. The summed E-state index contributed by atoms with van der Waals surface area (Å²) in [6, 6.07) is 7.07. The first-order valence-corrected chi connectivity index (χ1v) is 12.4. The van der Waals surface area contributed by atoms with Crippen molar-refractivity contribution in [3.8, 4) is 11.1 Å². The second kappa shape index (κ2) is 9.27. The zero-order valence-electron chi connectivity index (χ0n) is 20.0. The van der Waals surface area contributed by atoms with Crippen molar-refractivity contribution in [1.29, 1.82) is 0 Å². The topological polar surface area (TPSA) is 90.5 Å². The van der Waals surface area contributed by atoms with Gasteiger partial charge in [-0.15, -0.1) is 0 Å². The smallest absolute Gasteiger partial charge is 0.281 e. The molecule has 0 unspecified atom stereocenters. The number of hydrazone groups is 1. The average Bonchev–Trinajstić information content (AvgIpc) is 3.66. The van der Waals surface area contributed by atoms with Gasteiger partial charge >= 0.3 is 0 Å². The van der Waals surface area contributed by atoms with Gasteiger partial charge in [0.25, 0.3) is 5.91 Å². The Morgan fingerprint density at radius 1 is 1.14 bits per heavy atom. The first kappa shape index (κ1) is 22.5. The number of hydrogen-bond acceptors (Lipinski definition) is 6. The van der Waals surface area contributed by atoms with Crippen LogP contribution in [0.25, 0.3) is 11.1 Å². The van der Waals surface area contributed by atoms with E-state index in [9.17, 15) is 4.79 Å². The van der Waals surface area contributed by atoms with Gasteiger partial charge in [0.15, 0.2) is 6.72 Å². The summed E-state index contributed by atoms with van der Waals surface area (Å²) in [6.07, 6.45) is 9.50. The normalized spacial score (nSPS) is 17.9. The fourth-order valence-corrected chi connectivity index (χ4v) is 5.11. The Kier molecular flexibility index (Phi) is 5.80. The van der Waals surface area contributed by atoms with Crippen LogP contribution in [0.15, 0.2) is 48.0 Å². The van der Waals surface area contributed by atoms with E-state index in [1.54, 1.807) is 18.5 Å². The molecule has 1 aromatic carbocycles. The Bertz CT molecular complexity index is 1350. The van der Waals surface area contributed by atoms with E-state index in [4.69, 9.17) is 0 Å². The molecule has 3 aliphatic heterocycles. The molecule has 2 aromatic heterocycles. The van der Waals surface area contributed by atoms with Crippen molar-refractivity contribution < 1.29 is 13.9 Å². The fraction of sp³-hybridized carbons (Fsp3) is 0.346. The molecule has 0 atom stereocenters. The van der Waals surface area contributed by atoms with E-state index in [0.717, 1.165) is 44.8 Å². The Morgan fingerprint density at radius 3 is 2.69 bits per heavy atom. The maximum Gasteiger partial charge on any atom is 0.281 e. The number of pyridine rings is 1. The lowest BCUT2D eigenvalue weighted by molar-refractivity contribution is -0.431. The maximum atomic E-state index is 15.1. The van der Waals surface area contributed by atoms with Crippen LogP contribution >= 0.6 is 0 Å². The van der Waals surface area contributed by atoms with Gasteiger partial charge in [0.2, 0.25) is 11.4 Å². The van der Waals surface area contributed by atoms with E-state index in [1.807, 2.05) is 23.0 Å². The minimum Gasteiger partial charge on any atom is -0.357 e. The molecule has 9 nitrogen and oxygen atoms in total. The number of rotatable bonds is 5. The lowest BCUT2D eigenvalue weighted by Gasteiger charge is -2.22. The van der Waals surface area contributed by atoms with Gasteiger partial charge in [-0.05, 0) is 57.0 Å². The minimum absolute atomic E-state index is 0.176. The molecule has 3 aliphatic rings. The number of anilines is 2. The van der Waals surface area contributed by atoms with Crippen LogP contribution in [0.1, 0.15) is 37.3 Å². The molecule has 5 heterocycles. The van der Waals surface area contributed by atoms with Crippen LogP contribution in [0.4, 0.5) is 21.6 Å². The van der Waals surface area contributed by atoms with Gasteiger partial charge in [0, 0.05) is 41.6 Å². The molecule has 2 fully saturated rings. The molecule has 2 saturated heterocycles. The highest BCUT2D eigenvalue weighted by Gasteiger charge is 2.34. The number of nitrogens with zero attached hydrogens (tertiary/aromatic N) is 6. The molecule has 3 aromatic rings. The molecular formula is C26H28FN8O+. The zero-order chi connectivity index (χ0) is 24.6. The number of aromatic nitrogens is 3. The Morgan fingerprint density at radius 2 is 1.94 bits per heavy atom. The third-order valence-electron chi connectivity index (χ3n) is 7.09. The summed E-state index contributed by atoms with van der Waals surface area (Å²) in [7, 11) is 0. The van der Waals surface area contributed by atoms with Crippen molar-refractivity contribution in [1.82, 2.24) is 20.1 Å². The van der Waals surface area contributed by atoms with Crippen molar-refractivity contribution in [2.24, 2.45) is 5.10 Å². The Balaban J connectivity index is 1.24. The number of benzene rings is 1. The third-order valence-corrected chi connectivity index (χ3v) is 7.09. The highest BCUT2D eigenvalue weighted by Crippen LogP contribution is 2.34. The molecule has 0 saturated carbocycles. The second-order valence-electron chi connectivity index (χ2n) is 9.44. The standard InChI is InChI=1S/C26H27FN8O/c1-33-23-13-22(27)20(17-14-30-35(16-17)19-6-8-28-9-7-19)12-21(23)25(32-33)26(36)31-18-4-5-24(29-15-18)34-10-2-3-11-34/h4-5,12-16,19,28H,1-3,6-11H2/p+1. The van der Waals surface area contributed by atoms with Crippen LogP contribution in [-0.2, 0) is 4.79 Å². The number of hydrogen-bond donors (Lipinski definition) is 2. The first-order valence-electron chi connectivity index (χ1n) is 12.4. The van der Waals surface area contributed by atoms with Gasteiger partial charge in [-0.25, -0.2) is 9.37 Å². The van der Waals surface area contributed by atoms with Crippen LogP contribution in [-0.4, -0.2) is 64.0 Å². The van der Waals surface area contributed by atoms with Gasteiger partial charge in [0.1, 0.15) is 11.6 Å². The average molecular weight is 488 g/mol. The summed E-state index contributed by atoms with van der Waals surface area (Å²) in [5, 5.41) is 15.0. The van der Waals surface area contributed by atoms with Crippen molar-refractivity contribution >= 4 is 35.5 Å². The predicted molar refractivity (Wildman–Crippen MR) is 137 cm³/mol. The molecule has 1 amide bonds. The lowest BCUT2D eigenvalue weighted by Crippen LogP contribution is -2.29.